The summed E-state index contributed by atoms with van der Waals surface area (Å²) < 4.78 is 11.3. The van der Waals surface area contributed by atoms with E-state index in [1.165, 1.54) is 0 Å². The van der Waals surface area contributed by atoms with Gasteiger partial charge in [0.05, 0.1) is 19.3 Å². The number of carbonyl (C=O) groups is 1. The highest BCUT2D eigenvalue weighted by Crippen LogP contribution is 2.17. The van der Waals surface area contributed by atoms with E-state index in [0.29, 0.717) is 13.2 Å². The van der Waals surface area contributed by atoms with Gasteiger partial charge in [0.2, 0.25) is 5.91 Å². The van der Waals surface area contributed by atoms with Gasteiger partial charge < -0.3 is 20.1 Å². The molecule has 5 heteroatoms. The van der Waals surface area contributed by atoms with Crippen LogP contribution in [0.4, 0.5) is 5.69 Å². The SMILES string of the molecule is CCCCOc1cccc(NCC(=O)NCc2ccc(OC(C)C)cc2)c1. The third kappa shape index (κ3) is 8.03. The highest BCUT2D eigenvalue weighted by molar-refractivity contribution is 5.80. The Morgan fingerprint density at radius 2 is 1.85 bits per heavy atom. The minimum absolute atomic E-state index is 0.0604. The van der Waals surface area contributed by atoms with E-state index in [1.807, 2.05) is 62.4 Å². The number of hydrogen-bond acceptors (Lipinski definition) is 4. The van der Waals surface area contributed by atoms with Gasteiger partial charge in [-0.15, -0.1) is 0 Å². The molecule has 2 N–H and O–H groups in total. The summed E-state index contributed by atoms with van der Waals surface area (Å²) >= 11 is 0. The molecule has 1 amide bonds. The van der Waals surface area contributed by atoms with Crippen LogP contribution in [0.15, 0.2) is 48.5 Å². The van der Waals surface area contributed by atoms with E-state index < -0.39 is 0 Å². The van der Waals surface area contributed by atoms with Crippen LogP contribution >= 0.6 is 0 Å². The molecule has 0 spiro atoms. The molecule has 2 aromatic carbocycles. The summed E-state index contributed by atoms with van der Waals surface area (Å²) in [6.07, 6.45) is 2.29. The molecule has 0 saturated carbocycles. The van der Waals surface area contributed by atoms with Crippen molar-refractivity contribution in [3.8, 4) is 11.5 Å². The fourth-order valence-corrected chi connectivity index (χ4v) is 2.43. The van der Waals surface area contributed by atoms with E-state index in [9.17, 15) is 4.79 Å². The van der Waals surface area contributed by atoms with E-state index in [4.69, 9.17) is 9.47 Å². The van der Waals surface area contributed by atoms with Gasteiger partial charge in [0.1, 0.15) is 11.5 Å². The Morgan fingerprint density at radius 3 is 2.56 bits per heavy atom. The van der Waals surface area contributed by atoms with Crippen molar-refractivity contribution < 1.29 is 14.3 Å². The van der Waals surface area contributed by atoms with E-state index in [1.54, 1.807) is 0 Å². The average Bonchev–Trinajstić information content (AvgIpc) is 2.66. The lowest BCUT2D eigenvalue weighted by Crippen LogP contribution is -2.29. The molecule has 0 radical (unpaired) electrons. The second-order valence-corrected chi connectivity index (χ2v) is 6.67. The third-order valence-corrected chi connectivity index (χ3v) is 3.84. The molecule has 0 aliphatic rings. The van der Waals surface area contributed by atoms with Gasteiger partial charge >= 0.3 is 0 Å². The Kier molecular flexibility index (Phi) is 8.49. The molecule has 5 nitrogen and oxygen atoms in total. The quantitative estimate of drug-likeness (QED) is 0.576. The highest BCUT2D eigenvalue weighted by Gasteiger charge is 2.03. The summed E-state index contributed by atoms with van der Waals surface area (Å²) in [5.41, 5.74) is 1.90. The minimum Gasteiger partial charge on any atom is -0.494 e. The molecule has 0 fully saturated rings. The zero-order valence-electron chi connectivity index (χ0n) is 16.5. The van der Waals surface area contributed by atoms with Crippen LogP contribution in [-0.2, 0) is 11.3 Å². The summed E-state index contributed by atoms with van der Waals surface area (Å²) in [4.78, 5) is 12.1. The number of rotatable bonds is 11. The van der Waals surface area contributed by atoms with E-state index in [2.05, 4.69) is 17.6 Å². The van der Waals surface area contributed by atoms with Crippen LogP contribution in [0.2, 0.25) is 0 Å². The first-order valence-electron chi connectivity index (χ1n) is 9.56. The van der Waals surface area contributed by atoms with Crippen LogP contribution in [0, 0.1) is 0 Å². The molecular formula is C22H30N2O3. The van der Waals surface area contributed by atoms with Crippen molar-refractivity contribution in [1.29, 1.82) is 0 Å². The summed E-state index contributed by atoms with van der Waals surface area (Å²) in [6.45, 7) is 7.53. The monoisotopic (exact) mass is 370 g/mol. The minimum atomic E-state index is -0.0604. The lowest BCUT2D eigenvalue weighted by atomic mass is 10.2. The van der Waals surface area contributed by atoms with Crippen LogP contribution in [-0.4, -0.2) is 25.2 Å². The van der Waals surface area contributed by atoms with Crippen molar-refractivity contribution in [3.05, 3.63) is 54.1 Å². The van der Waals surface area contributed by atoms with E-state index in [-0.39, 0.29) is 18.6 Å². The molecular weight excluding hydrogens is 340 g/mol. The van der Waals surface area contributed by atoms with Crippen LogP contribution in [0.3, 0.4) is 0 Å². The maximum absolute atomic E-state index is 12.1. The van der Waals surface area contributed by atoms with Crippen LogP contribution in [0.5, 0.6) is 11.5 Å². The average molecular weight is 370 g/mol. The molecule has 0 aliphatic carbocycles. The highest BCUT2D eigenvalue weighted by atomic mass is 16.5. The zero-order valence-corrected chi connectivity index (χ0v) is 16.5. The summed E-state index contributed by atoms with van der Waals surface area (Å²) in [6, 6.07) is 15.4. The number of ether oxygens (including phenoxy) is 2. The first kappa shape index (κ1) is 20.6. The Morgan fingerprint density at radius 1 is 1.07 bits per heavy atom. The summed E-state index contributed by atoms with van der Waals surface area (Å²) in [5.74, 6) is 1.59. The molecule has 2 rings (SSSR count). The zero-order chi connectivity index (χ0) is 19.5. The van der Waals surface area contributed by atoms with E-state index >= 15 is 0 Å². The van der Waals surface area contributed by atoms with Gasteiger partial charge in [0.15, 0.2) is 0 Å². The van der Waals surface area contributed by atoms with Gasteiger partial charge in [0, 0.05) is 18.3 Å². The Bertz CT molecular complexity index is 699. The fraction of sp³-hybridized carbons (Fsp3) is 0.409. The number of carbonyl (C=O) groups excluding carboxylic acids is 1. The maximum Gasteiger partial charge on any atom is 0.239 e. The van der Waals surface area contributed by atoms with Crippen LogP contribution in [0.25, 0.3) is 0 Å². The van der Waals surface area contributed by atoms with Gasteiger partial charge in [-0.3, -0.25) is 4.79 Å². The predicted octanol–water partition coefficient (Wildman–Crippen LogP) is 4.38. The Balaban J connectivity index is 1.73. The van der Waals surface area contributed by atoms with Crippen molar-refractivity contribution in [3.63, 3.8) is 0 Å². The number of amides is 1. The smallest absolute Gasteiger partial charge is 0.239 e. The topological polar surface area (TPSA) is 59.6 Å². The number of hydrogen-bond donors (Lipinski definition) is 2. The van der Waals surface area contributed by atoms with Gasteiger partial charge in [0.25, 0.3) is 0 Å². The molecule has 27 heavy (non-hydrogen) atoms. The molecule has 0 aliphatic heterocycles. The Hall–Kier alpha value is -2.69. The van der Waals surface area contributed by atoms with Crippen molar-refractivity contribution >= 4 is 11.6 Å². The van der Waals surface area contributed by atoms with Crippen molar-refractivity contribution in [2.24, 2.45) is 0 Å². The third-order valence-electron chi connectivity index (χ3n) is 3.84. The second kappa shape index (κ2) is 11.1. The number of unbranched alkanes of at least 4 members (excludes halogenated alkanes) is 1. The van der Waals surface area contributed by atoms with Gasteiger partial charge in [-0.25, -0.2) is 0 Å². The van der Waals surface area contributed by atoms with Crippen molar-refractivity contribution in [2.75, 3.05) is 18.5 Å². The van der Waals surface area contributed by atoms with Crippen LogP contribution in [0.1, 0.15) is 39.2 Å². The van der Waals surface area contributed by atoms with Gasteiger partial charge in [-0.2, -0.15) is 0 Å². The molecule has 0 bridgehead atoms. The normalized spacial score (nSPS) is 10.5. The first-order chi connectivity index (χ1) is 13.1. The lowest BCUT2D eigenvalue weighted by molar-refractivity contribution is -0.119. The number of benzene rings is 2. The summed E-state index contributed by atoms with van der Waals surface area (Å²) in [5, 5.41) is 6.04. The largest absolute Gasteiger partial charge is 0.494 e. The summed E-state index contributed by atoms with van der Waals surface area (Å²) in [7, 11) is 0. The molecule has 2 aromatic rings. The fourth-order valence-electron chi connectivity index (χ4n) is 2.43. The Labute approximate surface area is 162 Å². The van der Waals surface area contributed by atoms with E-state index in [0.717, 1.165) is 35.6 Å². The van der Waals surface area contributed by atoms with Crippen molar-refractivity contribution in [1.82, 2.24) is 5.32 Å². The predicted molar refractivity (Wildman–Crippen MR) is 109 cm³/mol. The molecule has 0 atom stereocenters. The lowest BCUT2D eigenvalue weighted by Gasteiger charge is -2.11. The molecule has 0 unspecified atom stereocenters. The second-order valence-electron chi connectivity index (χ2n) is 6.67. The molecule has 0 heterocycles. The maximum atomic E-state index is 12.1. The van der Waals surface area contributed by atoms with Gasteiger partial charge in [-0.05, 0) is 50.1 Å². The molecule has 0 aromatic heterocycles. The first-order valence-corrected chi connectivity index (χ1v) is 9.56. The van der Waals surface area contributed by atoms with Crippen molar-refractivity contribution in [2.45, 2.75) is 46.3 Å². The standard InChI is InChI=1S/C22H30N2O3/c1-4-5-13-26-21-8-6-7-19(14-21)23-16-22(25)24-15-18-9-11-20(12-10-18)27-17(2)3/h6-12,14,17,23H,4-5,13,15-16H2,1-3H3,(H,24,25). The van der Waals surface area contributed by atoms with Crippen LogP contribution < -0.4 is 20.1 Å². The molecule has 0 saturated heterocycles. The molecule has 146 valence electrons. The number of nitrogens with one attached hydrogen (secondary N) is 2. The number of anilines is 1. The van der Waals surface area contributed by atoms with Gasteiger partial charge in [-0.1, -0.05) is 31.5 Å².